The molecule has 2 rings (SSSR count). The summed E-state index contributed by atoms with van der Waals surface area (Å²) in [6, 6.07) is 7.49. The molecule has 0 spiro atoms. The maximum atomic E-state index is 11.3. The van der Waals surface area contributed by atoms with E-state index in [4.69, 9.17) is 4.74 Å². The molecule has 0 radical (unpaired) electrons. The van der Waals surface area contributed by atoms with Crippen molar-refractivity contribution in [2.24, 2.45) is 0 Å². The van der Waals surface area contributed by atoms with Crippen LogP contribution in [0.3, 0.4) is 0 Å². The number of unbranched alkanes of at least 4 members (excludes halogenated alkanes) is 1. The molecule has 1 aliphatic heterocycles. The van der Waals surface area contributed by atoms with Crippen LogP contribution < -0.4 is 4.90 Å². The fourth-order valence-electron chi connectivity index (χ4n) is 2.64. The Morgan fingerprint density at radius 3 is 2.95 bits per heavy atom. The number of hydrogen-bond donors (Lipinski definition) is 2. The minimum Gasteiger partial charge on any atom is -0.481 e. The highest BCUT2D eigenvalue weighted by atomic mass is 16.5. The third-order valence-electron chi connectivity index (χ3n) is 3.74. The fraction of sp³-hybridized carbons (Fsp3) is 0.562. The Morgan fingerprint density at radius 2 is 2.24 bits per heavy atom. The molecule has 2 unspecified atom stereocenters. The zero-order valence-corrected chi connectivity index (χ0v) is 12.4. The van der Waals surface area contributed by atoms with E-state index >= 15 is 0 Å². The Bertz CT molecular complexity index is 477. The molecule has 1 aromatic rings. The third-order valence-corrected chi connectivity index (χ3v) is 3.74. The van der Waals surface area contributed by atoms with Gasteiger partial charge in [-0.2, -0.15) is 0 Å². The van der Waals surface area contributed by atoms with Gasteiger partial charge in [-0.25, -0.2) is 0 Å². The lowest BCUT2D eigenvalue weighted by Crippen LogP contribution is -2.35. The van der Waals surface area contributed by atoms with Crippen LogP contribution in [0, 0.1) is 0 Å². The van der Waals surface area contributed by atoms with Gasteiger partial charge in [0.25, 0.3) is 0 Å². The molecule has 1 aromatic carbocycles. The zero-order valence-electron chi connectivity index (χ0n) is 12.4. The summed E-state index contributed by atoms with van der Waals surface area (Å²) in [5.41, 5.74) is 1.72. The number of ether oxygens (including phenoxy) is 1. The number of carbonyl (C=O) groups is 1. The molecule has 1 aliphatic rings. The minimum absolute atomic E-state index is 0.288. The van der Waals surface area contributed by atoms with Crippen molar-refractivity contribution < 1.29 is 19.7 Å². The molecule has 0 aromatic heterocycles. The van der Waals surface area contributed by atoms with Crippen LogP contribution in [0.15, 0.2) is 24.3 Å². The van der Waals surface area contributed by atoms with Crippen molar-refractivity contribution in [3.63, 3.8) is 0 Å². The highest BCUT2D eigenvalue weighted by molar-refractivity contribution is 5.82. The maximum absolute atomic E-state index is 11.3. The number of rotatable bonds is 8. The van der Waals surface area contributed by atoms with Crippen LogP contribution in [0.25, 0.3) is 0 Å². The van der Waals surface area contributed by atoms with Gasteiger partial charge < -0.3 is 19.8 Å². The average Bonchev–Trinajstić information content (AvgIpc) is 2.83. The first kappa shape index (κ1) is 15.8. The number of para-hydroxylation sites is 1. The summed E-state index contributed by atoms with van der Waals surface area (Å²) in [5.74, 6) is -1.34. The summed E-state index contributed by atoms with van der Waals surface area (Å²) in [7, 11) is 0. The molecule has 0 fully saturated rings. The number of hydrogen-bond acceptors (Lipinski definition) is 4. The van der Waals surface area contributed by atoms with Crippen molar-refractivity contribution in [2.45, 2.75) is 31.8 Å². The van der Waals surface area contributed by atoms with Crippen LogP contribution in [0.5, 0.6) is 0 Å². The molecule has 21 heavy (non-hydrogen) atoms. The Balaban J connectivity index is 1.94. The number of β-amino-alcohol motifs (C(OH)–C–C–N with tert-alkyl or cyclic N) is 1. The van der Waals surface area contributed by atoms with Gasteiger partial charge in [0, 0.05) is 25.4 Å². The topological polar surface area (TPSA) is 70.0 Å². The highest BCUT2D eigenvalue weighted by Crippen LogP contribution is 2.36. The summed E-state index contributed by atoms with van der Waals surface area (Å²) in [5, 5.41) is 19.3. The molecular formula is C16H23NO4. The molecule has 5 heteroatoms. The van der Waals surface area contributed by atoms with Crippen LogP contribution in [-0.4, -0.2) is 48.6 Å². The van der Waals surface area contributed by atoms with Crippen LogP contribution >= 0.6 is 0 Å². The standard InChI is InChI=1S/C16H23NO4/c1-2-3-8-21-11-12(18)9-17-10-14(16(19)20)13-6-4-5-7-15(13)17/h4-7,12,14,18H,2-3,8-11H2,1H3,(H,19,20). The van der Waals surface area contributed by atoms with E-state index in [1.165, 1.54) is 0 Å². The summed E-state index contributed by atoms with van der Waals surface area (Å²) < 4.78 is 5.42. The number of carboxylic acids is 1. The quantitative estimate of drug-likeness (QED) is 0.716. The van der Waals surface area contributed by atoms with Gasteiger partial charge in [0.1, 0.15) is 5.92 Å². The Morgan fingerprint density at radius 1 is 1.48 bits per heavy atom. The number of aliphatic hydroxyl groups is 1. The van der Waals surface area contributed by atoms with Gasteiger partial charge in [-0.1, -0.05) is 31.5 Å². The number of benzene rings is 1. The second kappa shape index (κ2) is 7.43. The number of aliphatic hydroxyl groups excluding tert-OH is 1. The first-order valence-corrected chi connectivity index (χ1v) is 7.46. The van der Waals surface area contributed by atoms with Crippen molar-refractivity contribution in [1.82, 2.24) is 0 Å². The monoisotopic (exact) mass is 293 g/mol. The summed E-state index contributed by atoms with van der Waals surface area (Å²) in [4.78, 5) is 13.3. The number of aliphatic carboxylic acids is 1. The van der Waals surface area contributed by atoms with Gasteiger partial charge in [0.15, 0.2) is 0 Å². The first-order valence-electron chi connectivity index (χ1n) is 7.46. The number of anilines is 1. The van der Waals surface area contributed by atoms with Crippen LogP contribution in [0.4, 0.5) is 5.69 Å². The van der Waals surface area contributed by atoms with Gasteiger partial charge >= 0.3 is 5.97 Å². The van der Waals surface area contributed by atoms with Crippen LogP contribution in [0.1, 0.15) is 31.2 Å². The summed E-state index contributed by atoms with van der Waals surface area (Å²) >= 11 is 0. The smallest absolute Gasteiger partial charge is 0.312 e. The van der Waals surface area contributed by atoms with Gasteiger partial charge in [-0.3, -0.25) is 4.79 Å². The van der Waals surface area contributed by atoms with E-state index in [0.717, 1.165) is 24.1 Å². The predicted molar refractivity (Wildman–Crippen MR) is 80.8 cm³/mol. The number of carboxylic acid groups (broad SMARTS) is 1. The lowest BCUT2D eigenvalue weighted by atomic mass is 10.0. The minimum atomic E-state index is -0.821. The fourth-order valence-corrected chi connectivity index (χ4v) is 2.64. The van der Waals surface area contributed by atoms with Gasteiger partial charge in [0.05, 0.1) is 12.7 Å². The van der Waals surface area contributed by atoms with Crippen molar-refractivity contribution in [2.75, 3.05) is 31.2 Å². The molecule has 0 saturated heterocycles. The zero-order chi connectivity index (χ0) is 15.2. The lowest BCUT2D eigenvalue weighted by molar-refractivity contribution is -0.138. The molecule has 116 valence electrons. The largest absolute Gasteiger partial charge is 0.481 e. The molecule has 5 nitrogen and oxygen atoms in total. The average molecular weight is 293 g/mol. The molecular weight excluding hydrogens is 270 g/mol. The SMILES string of the molecule is CCCCOCC(O)CN1CC(C(=O)O)c2ccccc21. The van der Waals surface area contributed by atoms with Crippen LogP contribution in [0.2, 0.25) is 0 Å². The number of fused-ring (bicyclic) bond motifs is 1. The van der Waals surface area contributed by atoms with Gasteiger partial charge in [-0.05, 0) is 18.1 Å². The molecule has 1 heterocycles. The van der Waals surface area contributed by atoms with E-state index in [9.17, 15) is 15.0 Å². The Kier molecular flexibility index (Phi) is 5.59. The second-order valence-corrected chi connectivity index (χ2v) is 5.44. The summed E-state index contributed by atoms with van der Waals surface area (Å²) in [6.07, 6.45) is 1.44. The molecule has 2 N–H and O–H groups in total. The van der Waals surface area contributed by atoms with Gasteiger partial charge in [0.2, 0.25) is 0 Å². The molecule has 0 amide bonds. The van der Waals surface area contributed by atoms with Crippen LogP contribution in [-0.2, 0) is 9.53 Å². The summed E-state index contributed by atoms with van der Waals surface area (Å²) in [6.45, 7) is 3.83. The normalized spacial score (nSPS) is 18.6. The molecule has 2 atom stereocenters. The van der Waals surface area contributed by atoms with E-state index in [-0.39, 0.29) is 6.61 Å². The Hall–Kier alpha value is -1.59. The molecule has 0 aliphatic carbocycles. The van der Waals surface area contributed by atoms with Crippen molar-refractivity contribution in [3.8, 4) is 0 Å². The van der Waals surface area contributed by atoms with Crippen molar-refractivity contribution >= 4 is 11.7 Å². The first-order chi connectivity index (χ1) is 10.1. The lowest BCUT2D eigenvalue weighted by Gasteiger charge is -2.23. The van der Waals surface area contributed by atoms with E-state index in [1.54, 1.807) is 0 Å². The molecule has 0 bridgehead atoms. The van der Waals surface area contributed by atoms with Gasteiger partial charge in [-0.15, -0.1) is 0 Å². The van der Waals surface area contributed by atoms with Crippen molar-refractivity contribution in [1.29, 1.82) is 0 Å². The van der Waals surface area contributed by atoms with E-state index in [0.29, 0.717) is 19.7 Å². The van der Waals surface area contributed by atoms with E-state index in [1.807, 2.05) is 29.2 Å². The number of nitrogens with zero attached hydrogens (tertiary/aromatic N) is 1. The highest BCUT2D eigenvalue weighted by Gasteiger charge is 2.33. The predicted octanol–water partition coefficient (Wildman–Crippen LogP) is 1.85. The van der Waals surface area contributed by atoms with Crippen molar-refractivity contribution in [3.05, 3.63) is 29.8 Å². The van der Waals surface area contributed by atoms with E-state index < -0.39 is 18.0 Å². The third kappa shape index (κ3) is 3.95. The second-order valence-electron chi connectivity index (χ2n) is 5.44. The Labute approximate surface area is 125 Å². The maximum Gasteiger partial charge on any atom is 0.312 e. The molecule has 0 saturated carbocycles. The van der Waals surface area contributed by atoms with E-state index in [2.05, 4.69) is 6.92 Å².